The Bertz CT molecular complexity index is 1600. The van der Waals surface area contributed by atoms with Crippen molar-refractivity contribution in [2.24, 2.45) is 5.41 Å². The van der Waals surface area contributed by atoms with Crippen molar-refractivity contribution in [3.63, 3.8) is 0 Å². The van der Waals surface area contributed by atoms with Gasteiger partial charge in [0.1, 0.15) is 12.0 Å². The zero-order chi connectivity index (χ0) is 33.7. The van der Waals surface area contributed by atoms with Crippen LogP contribution >= 0.6 is 11.8 Å². The summed E-state index contributed by atoms with van der Waals surface area (Å²) >= 11 is 1.92. The molecule has 0 spiro atoms. The van der Waals surface area contributed by atoms with Gasteiger partial charge in [0.15, 0.2) is 0 Å². The molecule has 0 N–H and O–H groups in total. The van der Waals surface area contributed by atoms with E-state index in [-0.39, 0.29) is 16.8 Å². The van der Waals surface area contributed by atoms with Gasteiger partial charge in [-0.1, -0.05) is 75.1 Å². The fourth-order valence-corrected chi connectivity index (χ4v) is 7.03. The van der Waals surface area contributed by atoms with Crippen molar-refractivity contribution in [1.29, 1.82) is 0 Å². The van der Waals surface area contributed by atoms with Crippen LogP contribution in [0.25, 0.3) is 0 Å². The topological polar surface area (TPSA) is 56.3 Å². The van der Waals surface area contributed by atoms with Crippen LogP contribution in [-0.2, 0) is 14.9 Å². The number of aromatic nitrogens is 1. The minimum Gasteiger partial charge on any atom is -0.462 e. The zero-order valence-corrected chi connectivity index (χ0v) is 29.6. The molecule has 0 atom stereocenters. The molecule has 0 saturated carbocycles. The maximum absolute atomic E-state index is 11.6. The van der Waals surface area contributed by atoms with E-state index in [1.807, 2.05) is 30.8 Å². The molecule has 1 aromatic carbocycles. The van der Waals surface area contributed by atoms with E-state index in [0.29, 0.717) is 17.9 Å². The Morgan fingerprint density at radius 3 is 2.43 bits per heavy atom. The van der Waals surface area contributed by atoms with Crippen LogP contribution in [0.3, 0.4) is 0 Å². The first-order valence-corrected chi connectivity index (χ1v) is 17.1. The molecule has 0 fully saturated rings. The number of aldehydes is 1. The summed E-state index contributed by atoms with van der Waals surface area (Å²) < 4.78 is 4.95. The first kappa shape index (κ1) is 36.6. The van der Waals surface area contributed by atoms with Crippen molar-refractivity contribution in [3.8, 4) is 11.8 Å². The lowest BCUT2D eigenvalue weighted by Gasteiger charge is -2.32. The van der Waals surface area contributed by atoms with Crippen LogP contribution in [0.15, 0.2) is 100 Å². The number of hydrogen-bond acceptors (Lipinski definition) is 5. The molecule has 1 aliphatic carbocycles. The Morgan fingerprint density at radius 1 is 1.00 bits per heavy atom. The van der Waals surface area contributed by atoms with E-state index < -0.39 is 0 Å². The van der Waals surface area contributed by atoms with Gasteiger partial charge in [0, 0.05) is 16.7 Å². The summed E-state index contributed by atoms with van der Waals surface area (Å²) in [5.41, 5.74) is 9.12. The fraction of sp³-hybridized carbons (Fsp3) is 0.390. The number of ether oxygens (including phenoxy) is 1. The van der Waals surface area contributed by atoms with E-state index in [2.05, 4.69) is 94.8 Å². The molecule has 46 heavy (non-hydrogen) atoms. The van der Waals surface area contributed by atoms with Crippen LogP contribution in [0.4, 0.5) is 0 Å². The monoisotopic (exact) mass is 635 g/mol. The second-order valence-electron chi connectivity index (χ2n) is 13.2. The third-order valence-electron chi connectivity index (χ3n) is 8.41. The van der Waals surface area contributed by atoms with Gasteiger partial charge >= 0.3 is 5.97 Å². The van der Waals surface area contributed by atoms with Gasteiger partial charge in [0.05, 0.1) is 12.2 Å². The molecule has 0 unspecified atom stereocenters. The molecule has 1 aliphatic heterocycles. The number of carbonyl (C=O) groups excluding carboxylic acids is 2. The van der Waals surface area contributed by atoms with E-state index in [4.69, 9.17) is 4.74 Å². The summed E-state index contributed by atoms with van der Waals surface area (Å²) in [6.45, 7) is 17.7. The van der Waals surface area contributed by atoms with Crippen LogP contribution in [0.1, 0.15) is 108 Å². The maximum Gasteiger partial charge on any atom is 0.339 e. The molecule has 2 heterocycles. The van der Waals surface area contributed by atoms with Crippen LogP contribution in [0.5, 0.6) is 0 Å². The van der Waals surface area contributed by atoms with Gasteiger partial charge in [-0.15, -0.1) is 11.8 Å². The van der Waals surface area contributed by atoms with Crippen molar-refractivity contribution in [3.05, 3.63) is 118 Å². The van der Waals surface area contributed by atoms with E-state index in [1.54, 1.807) is 25.1 Å². The lowest BCUT2D eigenvalue weighted by Crippen LogP contribution is -2.22. The maximum atomic E-state index is 11.6. The number of allylic oxidation sites excluding steroid dienone is 10. The van der Waals surface area contributed by atoms with Crippen molar-refractivity contribution in [2.75, 3.05) is 12.4 Å². The van der Waals surface area contributed by atoms with Crippen LogP contribution in [0, 0.1) is 17.3 Å². The molecule has 2 aliphatic rings. The van der Waals surface area contributed by atoms with Gasteiger partial charge in [-0.25, -0.2) is 9.78 Å². The van der Waals surface area contributed by atoms with Gasteiger partial charge in [-0.05, 0) is 129 Å². The second kappa shape index (κ2) is 17.2. The van der Waals surface area contributed by atoms with Crippen molar-refractivity contribution in [2.45, 2.75) is 91.4 Å². The number of carbonyl (C=O) groups is 2. The van der Waals surface area contributed by atoms with Crippen molar-refractivity contribution < 1.29 is 14.3 Å². The standard InChI is InChI=1S/C21H21NO2S.C20H28O/c1-4-24-20(23)16-7-9-17(22-14-16)8-5-15-6-10-19-18(13-15)21(2,3)11-12-25-19;1-16(8-6-9-17(2)13-15-21)11-12-19-18(3)10-7-14-20(19,4)5/h6-7,9-10,13-14H,4,11-12H2,1-3H3;6,8-9,11-13,15H,7,10,14H2,1-5H3/b;9-6+,12-11+,16-8+,17-13+. The molecule has 242 valence electrons. The Hall–Kier alpha value is -3.88. The Morgan fingerprint density at radius 2 is 1.76 bits per heavy atom. The van der Waals surface area contributed by atoms with Crippen LogP contribution in [-0.4, -0.2) is 29.6 Å². The normalized spacial score (nSPS) is 17.5. The number of fused-ring (bicyclic) bond motifs is 1. The first-order valence-electron chi connectivity index (χ1n) is 16.1. The third-order valence-corrected chi connectivity index (χ3v) is 9.48. The summed E-state index contributed by atoms with van der Waals surface area (Å²) in [6.07, 6.45) is 19.3. The summed E-state index contributed by atoms with van der Waals surface area (Å²) in [5.74, 6) is 7.07. The quantitative estimate of drug-likeness (QED) is 0.0996. The Balaban J connectivity index is 0.000000255. The summed E-state index contributed by atoms with van der Waals surface area (Å²) in [5, 5.41) is 0. The van der Waals surface area contributed by atoms with Gasteiger partial charge in [0.25, 0.3) is 0 Å². The van der Waals surface area contributed by atoms with Gasteiger partial charge in [-0.3, -0.25) is 4.79 Å². The predicted molar refractivity (Wildman–Crippen MR) is 193 cm³/mol. The highest BCUT2D eigenvalue weighted by Crippen LogP contribution is 2.42. The average molecular weight is 636 g/mol. The lowest BCUT2D eigenvalue weighted by atomic mass is 9.72. The van der Waals surface area contributed by atoms with Crippen molar-refractivity contribution in [1.82, 2.24) is 4.98 Å². The van der Waals surface area contributed by atoms with E-state index in [9.17, 15) is 9.59 Å². The number of pyridine rings is 1. The van der Waals surface area contributed by atoms with Gasteiger partial charge in [0.2, 0.25) is 0 Å². The molecule has 4 rings (SSSR count). The minimum atomic E-state index is -0.357. The summed E-state index contributed by atoms with van der Waals surface area (Å²) in [4.78, 5) is 27.6. The highest BCUT2D eigenvalue weighted by molar-refractivity contribution is 7.99. The molecule has 0 bridgehead atoms. The highest BCUT2D eigenvalue weighted by Gasteiger charge is 2.28. The zero-order valence-electron chi connectivity index (χ0n) is 28.8. The van der Waals surface area contributed by atoms with Crippen LogP contribution < -0.4 is 0 Å². The average Bonchev–Trinajstić information content (AvgIpc) is 3.00. The first-order chi connectivity index (χ1) is 21.9. The third kappa shape index (κ3) is 10.9. The van der Waals surface area contributed by atoms with Gasteiger partial charge in [-0.2, -0.15) is 0 Å². The second-order valence-corrected chi connectivity index (χ2v) is 14.3. The molecule has 1 aromatic heterocycles. The number of thioether (sulfide) groups is 1. The molecule has 4 nitrogen and oxygen atoms in total. The fourth-order valence-electron chi connectivity index (χ4n) is 5.55. The molecule has 5 heteroatoms. The molecule has 0 amide bonds. The number of benzene rings is 1. The SMILES string of the molecule is CC1=C(/C=C/C(C)=C/C=C/C(C)=C/C=O)C(C)(C)CCC1.CCOC(=O)c1ccc(C#Cc2ccc3c(c2)C(C)(C)CCS3)nc1. The Kier molecular flexibility index (Phi) is 13.6. The largest absolute Gasteiger partial charge is 0.462 e. The lowest BCUT2D eigenvalue weighted by molar-refractivity contribution is -0.104. The van der Waals surface area contributed by atoms with Gasteiger partial charge < -0.3 is 4.74 Å². The van der Waals surface area contributed by atoms with Crippen molar-refractivity contribution >= 4 is 24.0 Å². The molecular weight excluding hydrogens is 587 g/mol. The van der Waals surface area contributed by atoms with E-state index >= 15 is 0 Å². The molecule has 0 saturated heterocycles. The summed E-state index contributed by atoms with van der Waals surface area (Å²) in [7, 11) is 0. The molecule has 0 radical (unpaired) electrons. The molecular formula is C41H49NO3S. The highest BCUT2D eigenvalue weighted by atomic mass is 32.2. The predicted octanol–water partition coefficient (Wildman–Crippen LogP) is 10.1. The number of nitrogens with zero attached hydrogens (tertiary/aromatic N) is 1. The number of hydrogen-bond donors (Lipinski definition) is 0. The smallest absolute Gasteiger partial charge is 0.339 e. The Labute approximate surface area is 281 Å². The van der Waals surface area contributed by atoms with Crippen LogP contribution in [0.2, 0.25) is 0 Å². The number of esters is 1. The number of rotatable bonds is 7. The van der Waals surface area contributed by atoms with E-state index in [1.165, 1.54) is 64.8 Å². The summed E-state index contributed by atoms with van der Waals surface area (Å²) in [6, 6.07) is 9.87. The van der Waals surface area contributed by atoms with E-state index in [0.717, 1.165) is 17.4 Å². The molecule has 2 aromatic rings. The minimum absolute atomic E-state index is 0.192.